The minimum absolute atomic E-state index is 0.791. The van der Waals surface area contributed by atoms with Crippen molar-refractivity contribution in [2.75, 3.05) is 14.2 Å². The van der Waals surface area contributed by atoms with Crippen LogP contribution in [0.3, 0.4) is 0 Å². The first-order valence-electron chi connectivity index (χ1n) is 3.20. The van der Waals surface area contributed by atoms with Gasteiger partial charge in [-0.15, -0.1) is 0 Å². The molecule has 0 N–H and O–H groups in total. The maximum Gasteiger partial charge on any atom is 0.354 e. The topological polar surface area (TPSA) is 35.5 Å². The van der Waals surface area contributed by atoms with Crippen molar-refractivity contribution in [1.82, 2.24) is 0 Å². The average Bonchev–Trinajstić information content (AvgIpc) is 2.04. The van der Waals surface area contributed by atoms with Gasteiger partial charge in [-0.3, -0.25) is 4.57 Å². The number of halogens is 1. The molecule has 0 aliphatic rings. The summed E-state index contributed by atoms with van der Waals surface area (Å²) in [6, 6.07) is 0. The van der Waals surface area contributed by atoms with E-state index in [0.717, 1.165) is 9.15 Å². The molecule has 0 unspecified atom stereocenters. The maximum absolute atomic E-state index is 11.5. The third-order valence-corrected chi connectivity index (χ3v) is 4.51. The molecule has 0 saturated carbocycles. The third kappa shape index (κ3) is 3.85. The molecular weight excluding hydrogens is 290 g/mol. The molecule has 0 radical (unpaired) electrons. The van der Waals surface area contributed by atoms with Crippen LogP contribution >= 0.6 is 30.2 Å². The molecule has 0 rings (SSSR count). The first-order valence-corrected chi connectivity index (χ1v) is 5.89. The molecule has 12 heavy (non-hydrogen) atoms. The molecule has 5 heteroatoms. The summed E-state index contributed by atoms with van der Waals surface area (Å²) in [5.74, 6) is 1.45. The van der Waals surface area contributed by atoms with Crippen molar-refractivity contribution in [3.63, 3.8) is 0 Å². The van der Waals surface area contributed by atoms with Crippen molar-refractivity contribution >= 4 is 30.2 Å². The van der Waals surface area contributed by atoms with Crippen molar-refractivity contribution in [3.05, 3.63) is 21.5 Å². The number of rotatable bonds is 4. The number of hydrogen-bond acceptors (Lipinski definition) is 3. The highest BCUT2D eigenvalue weighted by molar-refractivity contribution is 14.1. The fourth-order valence-corrected chi connectivity index (χ4v) is 2.31. The van der Waals surface area contributed by atoms with E-state index in [0.29, 0.717) is 0 Å². The van der Waals surface area contributed by atoms with Gasteiger partial charge in [-0.25, -0.2) is 0 Å². The van der Waals surface area contributed by atoms with Crippen LogP contribution in [0.2, 0.25) is 0 Å². The third-order valence-electron chi connectivity index (χ3n) is 1.19. The SMILES string of the molecule is C=C(C)C(I)=CP(=O)(OC)OC. The molecule has 0 bridgehead atoms. The lowest BCUT2D eigenvalue weighted by Gasteiger charge is -2.09. The zero-order valence-corrected chi connectivity index (χ0v) is 10.4. The van der Waals surface area contributed by atoms with E-state index in [-0.39, 0.29) is 0 Å². The van der Waals surface area contributed by atoms with Crippen LogP contribution in [-0.4, -0.2) is 14.2 Å². The molecule has 0 amide bonds. The quantitative estimate of drug-likeness (QED) is 0.454. The second-order valence-corrected chi connectivity index (χ2v) is 5.39. The fraction of sp³-hybridized carbons (Fsp3) is 0.429. The Labute approximate surface area is 86.5 Å². The largest absolute Gasteiger partial charge is 0.354 e. The second-order valence-electron chi connectivity index (χ2n) is 2.16. The van der Waals surface area contributed by atoms with E-state index in [4.69, 9.17) is 9.05 Å². The molecule has 0 aromatic heterocycles. The minimum atomic E-state index is -3.02. The average molecular weight is 302 g/mol. The van der Waals surface area contributed by atoms with Crippen LogP contribution in [0.1, 0.15) is 6.92 Å². The normalized spacial score (nSPS) is 13.2. The number of allylic oxidation sites excluding steroid dienone is 2. The molecule has 0 atom stereocenters. The van der Waals surface area contributed by atoms with Crippen LogP contribution in [0.4, 0.5) is 0 Å². The standard InChI is InChI=1S/C7H12IO3P/c1-6(2)7(8)5-12(9,10-3)11-4/h5H,1H2,2-4H3. The van der Waals surface area contributed by atoms with E-state index < -0.39 is 7.60 Å². The minimum Gasteiger partial charge on any atom is -0.309 e. The summed E-state index contributed by atoms with van der Waals surface area (Å²) in [6.45, 7) is 5.53. The maximum atomic E-state index is 11.5. The Morgan fingerprint density at radius 2 is 1.92 bits per heavy atom. The predicted octanol–water partition coefficient (Wildman–Crippen LogP) is 3.32. The second kappa shape index (κ2) is 5.17. The lowest BCUT2D eigenvalue weighted by Crippen LogP contribution is -1.85. The van der Waals surface area contributed by atoms with Gasteiger partial charge in [-0.2, -0.15) is 0 Å². The Bertz CT molecular complexity index is 239. The predicted molar refractivity (Wildman–Crippen MR) is 58.5 cm³/mol. The van der Waals surface area contributed by atoms with Crippen molar-refractivity contribution in [2.45, 2.75) is 6.92 Å². The molecule has 0 aliphatic carbocycles. The van der Waals surface area contributed by atoms with Gasteiger partial charge in [0.2, 0.25) is 0 Å². The van der Waals surface area contributed by atoms with E-state index in [9.17, 15) is 4.57 Å². The molecule has 0 saturated heterocycles. The van der Waals surface area contributed by atoms with Crippen LogP contribution in [0.15, 0.2) is 21.5 Å². The Balaban J connectivity index is 4.70. The van der Waals surface area contributed by atoms with Crippen LogP contribution in [0.25, 0.3) is 0 Å². The molecule has 0 heterocycles. The Kier molecular flexibility index (Phi) is 5.32. The van der Waals surface area contributed by atoms with Crippen molar-refractivity contribution < 1.29 is 13.6 Å². The number of hydrogen-bond donors (Lipinski definition) is 0. The Hall–Kier alpha value is 0.360. The van der Waals surface area contributed by atoms with Crippen molar-refractivity contribution in [2.24, 2.45) is 0 Å². The van der Waals surface area contributed by atoms with Crippen LogP contribution in [-0.2, 0) is 13.6 Å². The van der Waals surface area contributed by atoms with E-state index in [1.807, 2.05) is 29.5 Å². The molecule has 0 aliphatic heterocycles. The highest BCUT2D eigenvalue weighted by Crippen LogP contribution is 2.50. The van der Waals surface area contributed by atoms with E-state index in [1.54, 1.807) is 0 Å². The summed E-state index contributed by atoms with van der Waals surface area (Å²) in [6.07, 6.45) is 0. The van der Waals surface area contributed by atoms with Gasteiger partial charge in [0.1, 0.15) is 0 Å². The first kappa shape index (κ1) is 12.4. The van der Waals surface area contributed by atoms with Gasteiger partial charge < -0.3 is 9.05 Å². The zero-order chi connectivity index (χ0) is 9.78. The monoisotopic (exact) mass is 302 g/mol. The molecule has 0 fully saturated rings. The van der Waals surface area contributed by atoms with Crippen molar-refractivity contribution in [3.8, 4) is 0 Å². The summed E-state index contributed by atoms with van der Waals surface area (Å²) >= 11 is 2.03. The van der Waals surface area contributed by atoms with E-state index in [1.165, 1.54) is 20.0 Å². The summed E-state index contributed by atoms with van der Waals surface area (Å²) in [5, 5.41) is 0. The highest BCUT2D eigenvalue weighted by Gasteiger charge is 2.17. The van der Waals surface area contributed by atoms with E-state index in [2.05, 4.69) is 6.58 Å². The molecule has 3 nitrogen and oxygen atoms in total. The van der Waals surface area contributed by atoms with Gasteiger partial charge in [0, 0.05) is 23.6 Å². The highest BCUT2D eigenvalue weighted by atomic mass is 127. The van der Waals surface area contributed by atoms with Crippen LogP contribution < -0.4 is 0 Å². The molecule has 0 aromatic rings. The van der Waals surface area contributed by atoms with Gasteiger partial charge in [0.05, 0.1) is 0 Å². The van der Waals surface area contributed by atoms with Gasteiger partial charge >= 0.3 is 7.60 Å². The van der Waals surface area contributed by atoms with Gasteiger partial charge in [-0.1, -0.05) is 6.58 Å². The molecular formula is C7H12IO3P. The lowest BCUT2D eigenvalue weighted by atomic mass is 10.4. The van der Waals surface area contributed by atoms with Crippen molar-refractivity contribution in [1.29, 1.82) is 0 Å². The fourth-order valence-electron chi connectivity index (χ4n) is 0.429. The Morgan fingerprint density at radius 1 is 1.50 bits per heavy atom. The molecule has 70 valence electrons. The van der Waals surface area contributed by atoms with Crippen LogP contribution in [0, 0.1) is 0 Å². The molecule has 0 spiro atoms. The first-order chi connectivity index (χ1) is 5.45. The van der Waals surface area contributed by atoms with E-state index >= 15 is 0 Å². The van der Waals surface area contributed by atoms with Gasteiger partial charge in [0.25, 0.3) is 0 Å². The smallest absolute Gasteiger partial charge is 0.309 e. The molecule has 0 aromatic carbocycles. The van der Waals surface area contributed by atoms with Crippen LogP contribution in [0.5, 0.6) is 0 Å². The lowest BCUT2D eigenvalue weighted by molar-refractivity contribution is 0.286. The van der Waals surface area contributed by atoms with Gasteiger partial charge in [0.15, 0.2) is 0 Å². The summed E-state index contributed by atoms with van der Waals surface area (Å²) in [5.41, 5.74) is 0.838. The zero-order valence-electron chi connectivity index (χ0n) is 7.33. The summed E-state index contributed by atoms with van der Waals surface area (Å²) in [7, 11) is -0.321. The Morgan fingerprint density at radius 3 is 2.17 bits per heavy atom. The summed E-state index contributed by atoms with van der Waals surface area (Å²) in [4.78, 5) is 0. The summed E-state index contributed by atoms with van der Waals surface area (Å²) < 4.78 is 21.7. The van der Waals surface area contributed by atoms with Gasteiger partial charge in [-0.05, 0) is 35.1 Å².